The fourth-order valence-electron chi connectivity index (χ4n) is 3.63. The van der Waals surface area contributed by atoms with E-state index in [1.54, 1.807) is 0 Å². The second-order valence-electron chi connectivity index (χ2n) is 8.28. The Morgan fingerprint density at radius 2 is 1.00 bits per heavy atom. The number of unbranched alkanes of at least 4 members (excludes halogenated alkanes) is 13. The summed E-state index contributed by atoms with van der Waals surface area (Å²) in [4.78, 5) is 0. The first-order chi connectivity index (χ1) is 12.9. The molecule has 0 amide bonds. The van der Waals surface area contributed by atoms with E-state index >= 15 is 0 Å². The second-order valence-corrected chi connectivity index (χ2v) is 9.93. The normalized spacial score (nSPS) is 13.9. The van der Waals surface area contributed by atoms with Crippen molar-refractivity contribution in [2.24, 2.45) is 0 Å². The summed E-state index contributed by atoms with van der Waals surface area (Å²) in [5.41, 5.74) is 0. The number of hydrogen-bond donors (Lipinski definition) is 1. The van der Waals surface area contributed by atoms with E-state index < -0.39 is 15.4 Å². The maximum atomic E-state index is 11.3. The predicted octanol–water partition coefficient (Wildman–Crippen LogP) is 3.33. The average Bonchev–Trinajstić information content (AvgIpc) is 2.59. The van der Waals surface area contributed by atoms with Crippen molar-refractivity contribution in [3.8, 4) is 0 Å². The minimum absolute atomic E-state index is 0. The number of aliphatic hydroxyl groups is 1. The third-order valence-electron chi connectivity index (χ3n) is 5.44. The summed E-state index contributed by atoms with van der Waals surface area (Å²) in [6, 6.07) is 0. The summed E-state index contributed by atoms with van der Waals surface area (Å²) in [5, 5.41) is 8.53. The molecule has 0 spiro atoms. The van der Waals surface area contributed by atoms with E-state index in [1.807, 2.05) is 6.92 Å². The molecule has 0 aliphatic rings. The van der Waals surface area contributed by atoms with E-state index in [9.17, 15) is 18.1 Å². The molecule has 6 heteroatoms. The van der Waals surface area contributed by atoms with E-state index in [0.29, 0.717) is 12.8 Å². The van der Waals surface area contributed by atoms with Crippen LogP contribution >= 0.6 is 0 Å². The first-order valence-electron chi connectivity index (χ1n) is 11.5. The van der Waals surface area contributed by atoms with Crippen molar-refractivity contribution in [2.75, 3.05) is 0 Å². The molecule has 164 valence electrons. The SMILES string of the molecule is CCCCCC(CCCCCCCCCCCCCCC(C)O)S(=O)(=O)[O-].[Na+]. The Bertz CT molecular complexity index is 413. The predicted molar refractivity (Wildman–Crippen MR) is 114 cm³/mol. The molecule has 0 aromatic rings. The molecule has 4 nitrogen and oxygen atoms in total. The quantitative estimate of drug-likeness (QED) is 0.183. The Labute approximate surface area is 197 Å². The van der Waals surface area contributed by atoms with Gasteiger partial charge in [-0.2, -0.15) is 0 Å². The first kappa shape index (κ1) is 31.1. The van der Waals surface area contributed by atoms with Gasteiger partial charge in [-0.1, -0.05) is 103 Å². The summed E-state index contributed by atoms with van der Waals surface area (Å²) >= 11 is 0. The van der Waals surface area contributed by atoms with Crippen molar-refractivity contribution in [3.63, 3.8) is 0 Å². The third-order valence-corrected chi connectivity index (χ3v) is 6.72. The number of aliphatic hydroxyl groups excluding tert-OH is 1. The number of rotatable bonds is 20. The molecular weight excluding hydrogens is 383 g/mol. The van der Waals surface area contributed by atoms with Crippen LogP contribution in [-0.4, -0.2) is 29.4 Å². The summed E-state index contributed by atoms with van der Waals surface area (Å²) < 4.78 is 34.0. The smallest absolute Gasteiger partial charge is 0.748 e. The van der Waals surface area contributed by atoms with E-state index in [4.69, 9.17) is 0 Å². The number of hydrogen-bond acceptors (Lipinski definition) is 4. The van der Waals surface area contributed by atoms with Crippen LogP contribution in [0.1, 0.15) is 129 Å². The van der Waals surface area contributed by atoms with Crippen molar-refractivity contribution in [1.82, 2.24) is 0 Å². The zero-order valence-electron chi connectivity index (χ0n) is 19.0. The molecule has 2 atom stereocenters. The Morgan fingerprint density at radius 1 is 0.679 bits per heavy atom. The van der Waals surface area contributed by atoms with Crippen LogP contribution in [0.25, 0.3) is 0 Å². The van der Waals surface area contributed by atoms with Gasteiger partial charge in [-0.05, 0) is 26.2 Å². The summed E-state index contributed by atoms with van der Waals surface area (Å²) in [7, 11) is -4.13. The summed E-state index contributed by atoms with van der Waals surface area (Å²) in [6.07, 6.45) is 19.2. The molecule has 0 aromatic heterocycles. The molecule has 2 unspecified atom stereocenters. The van der Waals surface area contributed by atoms with Gasteiger partial charge in [-0.3, -0.25) is 0 Å². The van der Waals surface area contributed by atoms with Crippen LogP contribution in [0.4, 0.5) is 0 Å². The van der Waals surface area contributed by atoms with Crippen molar-refractivity contribution in [1.29, 1.82) is 0 Å². The molecule has 0 radical (unpaired) electrons. The monoisotopic (exact) mass is 428 g/mol. The fourth-order valence-corrected chi connectivity index (χ4v) is 4.55. The molecule has 0 aliphatic carbocycles. The standard InChI is InChI=1S/C22H46O4S.Na/c1-3-4-15-19-22(27(24,25)26)20-17-14-12-10-8-6-5-7-9-11-13-16-18-21(2)23;/h21-23H,3-20H2,1-2H3,(H,24,25,26);/q;+1/p-1. The minimum Gasteiger partial charge on any atom is -0.748 e. The van der Waals surface area contributed by atoms with Crippen molar-refractivity contribution >= 4 is 10.1 Å². The van der Waals surface area contributed by atoms with Crippen molar-refractivity contribution < 1.29 is 47.6 Å². The van der Waals surface area contributed by atoms with Gasteiger partial charge < -0.3 is 9.66 Å². The molecule has 0 heterocycles. The molecule has 1 N–H and O–H groups in total. The van der Waals surface area contributed by atoms with Crippen LogP contribution in [0.15, 0.2) is 0 Å². The van der Waals surface area contributed by atoms with Crippen LogP contribution in [0, 0.1) is 0 Å². The topological polar surface area (TPSA) is 77.4 Å². The first-order valence-corrected chi connectivity index (χ1v) is 13.0. The van der Waals surface area contributed by atoms with Crippen LogP contribution < -0.4 is 29.6 Å². The molecule has 0 rings (SSSR count). The van der Waals surface area contributed by atoms with E-state index in [2.05, 4.69) is 6.92 Å². The molecule has 0 aromatic carbocycles. The average molecular weight is 429 g/mol. The third kappa shape index (κ3) is 21.6. The molecule has 28 heavy (non-hydrogen) atoms. The molecule has 0 saturated heterocycles. The Morgan fingerprint density at radius 3 is 1.32 bits per heavy atom. The molecule has 0 fully saturated rings. The Hall–Kier alpha value is 0.870. The maximum absolute atomic E-state index is 11.3. The van der Waals surface area contributed by atoms with Crippen molar-refractivity contribution in [2.45, 2.75) is 141 Å². The van der Waals surface area contributed by atoms with Gasteiger partial charge in [0.15, 0.2) is 0 Å². The maximum Gasteiger partial charge on any atom is 1.00 e. The van der Waals surface area contributed by atoms with Gasteiger partial charge >= 0.3 is 29.6 Å². The van der Waals surface area contributed by atoms with Gasteiger partial charge in [0.1, 0.15) is 0 Å². The van der Waals surface area contributed by atoms with Gasteiger partial charge in [0.05, 0.1) is 16.2 Å². The molecule has 0 saturated carbocycles. The molecule has 0 bridgehead atoms. The largest absolute Gasteiger partial charge is 1.00 e. The van der Waals surface area contributed by atoms with Crippen LogP contribution in [0.3, 0.4) is 0 Å². The van der Waals surface area contributed by atoms with Gasteiger partial charge in [-0.15, -0.1) is 0 Å². The van der Waals surface area contributed by atoms with Crippen LogP contribution in [0.2, 0.25) is 0 Å². The van der Waals surface area contributed by atoms with Crippen molar-refractivity contribution in [3.05, 3.63) is 0 Å². The fraction of sp³-hybridized carbons (Fsp3) is 1.00. The molecule has 0 aliphatic heterocycles. The van der Waals surface area contributed by atoms with Crippen LogP contribution in [0.5, 0.6) is 0 Å². The van der Waals surface area contributed by atoms with E-state index in [1.165, 1.54) is 51.4 Å². The summed E-state index contributed by atoms with van der Waals surface area (Å²) in [6.45, 7) is 3.94. The molecular formula is C22H45NaO4S. The van der Waals surface area contributed by atoms with Gasteiger partial charge in [0, 0.05) is 5.25 Å². The Kier molecular flexibility index (Phi) is 23.4. The van der Waals surface area contributed by atoms with E-state index in [-0.39, 0.29) is 35.7 Å². The zero-order chi connectivity index (χ0) is 20.4. The van der Waals surface area contributed by atoms with Crippen LogP contribution in [-0.2, 0) is 10.1 Å². The van der Waals surface area contributed by atoms with Gasteiger partial charge in [-0.25, -0.2) is 8.42 Å². The second kappa shape index (κ2) is 21.1. The minimum atomic E-state index is -4.13. The van der Waals surface area contributed by atoms with Gasteiger partial charge in [0.25, 0.3) is 0 Å². The summed E-state index contributed by atoms with van der Waals surface area (Å²) in [5.74, 6) is 0. The van der Waals surface area contributed by atoms with E-state index in [0.717, 1.165) is 51.4 Å². The zero-order valence-corrected chi connectivity index (χ0v) is 21.8. The Balaban J connectivity index is 0. The van der Waals surface area contributed by atoms with Gasteiger partial charge in [0.2, 0.25) is 0 Å².